The predicted octanol–water partition coefficient (Wildman–Crippen LogP) is 0.709. The average Bonchev–Trinajstić information content (AvgIpc) is 2.10. The van der Waals surface area contributed by atoms with Crippen LogP contribution in [0.5, 0.6) is 0 Å². The molecule has 0 bridgehead atoms. The van der Waals surface area contributed by atoms with Crippen molar-refractivity contribution in [1.29, 1.82) is 0 Å². The Morgan fingerprint density at radius 1 is 1.12 bits per heavy atom. The quantitative estimate of drug-likeness (QED) is 0.438. The lowest BCUT2D eigenvalue weighted by molar-refractivity contribution is -0.156. The van der Waals surface area contributed by atoms with Crippen molar-refractivity contribution in [2.45, 2.75) is 38.4 Å². The molecule has 0 rings (SSSR count). The van der Waals surface area contributed by atoms with Gasteiger partial charge in [0.05, 0.1) is 0 Å². The van der Waals surface area contributed by atoms with Crippen molar-refractivity contribution in [3.63, 3.8) is 0 Å². The lowest BCUT2D eigenvalue weighted by atomic mass is 10.0. The maximum Gasteiger partial charge on any atom is 0.318 e. The lowest BCUT2D eigenvalue weighted by Gasteiger charge is -2.13. The summed E-state index contributed by atoms with van der Waals surface area (Å²) in [5.41, 5.74) is 0. The van der Waals surface area contributed by atoms with Gasteiger partial charge in [-0.05, 0) is 25.6 Å². The summed E-state index contributed by atoms with van der Waals surface area (Å²) in [4.78, 5) is 42.0. The van der Waals surface area contributed by atoms with E-state index in [-0.39, 0.29) is 6.42 Å². The third-order valence-corrected chi connectivity index (χ3v) is 3.85. The van der Waals surface area contributed by atoms with Crippen LogP contribution in [0.15, 0.2) is 0 Å². The van der Waals surface area contributed by atoms with Crippen LogP contribution in [-0.2, 0) is 14.4 Å². The molecule has 0 aromatic rings. The molecular formula is C10H18O6Si. The highest BCUT2D eigenvalue weighted by molar-refractivity contribution is 6.69. The molecule has 7 heteroatoms. The Morgan fingerprint density at radius 3 is 1.94 bits per heavy atom. The summed E-state index contributed by atoms with van der Waals surface area (Å²) in [6.07, 6.45) is 0.104. The molecule has 0 amide bonds. The van der Waals surface area contributed by atoms with Gasteiger partial charge in [0.15, 0.2) is 14.2 Å². The molecule has 3 N–H and O–H groups in total. The molecule has 0 atom stereocenters. The van der Waals surface area contributed by atoms with Gasteiger partial charge < -0.3 is 15.0 Å². The normalized spacial score (nSPS) is 11.5. The molecule has 0 heterocycles. The molecule has 0 radical (unpaired) electrons. The topological polar surface area (TPSA) is 112 Å². The SMILES string of the molecule is C[Si](C)(O)CCCC(=O)CC(C(=O)O)C(=O)O. The predicted molar refractivity (Wildman–Crippen MR) is 62.1 cm³/mol. The Morgan fingerprint density at radius 2 is 1.59 bits per heavy atom. The number of carboxylic acid groups (broad SMARTS) is 2. The Labute approximate surface area is 100 Å². The third-order valence-electron chi connectivity index (χ3n) is 2.27. The van der Waals surface area contributed by atoms with Gasteiger partial charge in [0, 0.05) is 12.8 Å². The van der Waals surface area contributed by atoms with E-state index in [1.165, 1.54) is 0 Å². The zero-order valence-corrected chi connectivity index (χ0v) is 11.0. The number of carbonyl (C=O) groups is 3. The standard InChI is InChI=1S/C10H18O6Si/c1-17(2,16)5-3-4-7(11)6-8(9(12)13)10(14)15/h8,16H,3-6H2,1-2H3,(H,12,13)(H,14,15). The monoisotopic (exact) mass is 262 g/mol. The van der Waals surface area contributed by atoms with E-state index in [1.807, 2.05) is 0 Å². The summed E-state index contributed by atoms with van der Waals surface area (Å²) in [5, 5.41) is 17.2. The maximum atomic E-state index is 11.4. The van der Waals surface area contributed by atoms with Crippen molar-refractivity contribution in [3.05, 3.63) is 0 Å². The number of aliphatic carboxylic acids is 2. The first-order chi connectivity index (χ1) is 7.63. The Hall–Kier alpha value is -1.21. The van der Waals surface area contributed by atoms with Gasteiger partial charge in [-0.25, -0.2) is 0 Å². The van der Waals surface area contributed by atoms with E-state index < -0.39 is 38.4 Å². The van der Waals surface area contributed by atoms with Crippen LogP contribution in [0.2, 0.25) is 19.1 Å². The van der Waals surface area contributed by atoms with E-state index in [1.54, 1.807) is 13.1 Å². The fraction of sp³-hybridized carbons (Fsp3) is 0.700. The van der Waals surface area contributed by atoms with Crippen LogP contribution in [0.1, 0.15) is 19.3 Å². The van der Waals surface area contributed by atoms with Gasteiger partial charge in [0.1, 0.15) is 5.78 Å². The minimum absolute atomic E-state index is 0.119. The summed E-state index contributed by atoms with van der Waals surface area (Å²) in [5.74, 6) is -5.05. The van der Waals surface area contributed by atoms with Crippen molar-refractivity contribution in [1.82, 2.24) is 0 Å². The largest absolute Gasteiger partial charge is 0.481 e. The summed E-state index contributed by atoms with van der Waals surface area (Å²) < 4.78 is 0. The molecule has 6 nitrogen and oxygen atoms in total. The zero-order chi connectivity index (χ0) is 13.6. The van der Waals surface area contributed by atoms with Crippen molar-refractivity contribution in [2.75, 3.05) is 0 Å². The molecule has 0 aromatic carbocycles. The van der Waals surface area contributed by atoms with Crippen LogP contribution in [-0.4, -0.2) is 41.0 Å². The van der Waals surface area contributed by atoms with Gasteiger partial charge in [-0.1, -0.05) is 0 Å². The highest BCUT2D eigenvalue weighted by atomic mass is 28.4. The number of carbonyl (C=O) groups excluding carboxylic acids is 1. The van der Waals surface area contributed by atoms with Crippen LogP contribution in [0.4, 0.5) is 0 Å². The zero-order valence-electron chi connectivity index (χ0n) is 9.97. The van der Waals surface area contributed by atoms with Crippen LogP contribution in [0, 0.1) is 5.92 Å². The van der Waals surface area contributed by atoms with Crippen molar-refractivity contribution in [2.24, 2.45) is 5.92 Å². The molecule has 0 aromatic heterocycles. The summed E-state index contributed by atoms with van der Waals surface area (Å²) in [7, 11) is -2.19. The highest BCUT2D eigenvalue weighted by Crippen LogP contribution is 2.13. The number of ketones is 1. The minimum Gasteiger partial charge on any atom is -0.481 e. The molecule has 98 valence electrons. The fourth-order valence-corrected chi connectivity index (χ4v) is 2.37. The van der Waals surface area contributed by atoms with Gasteiger partial charge >= 0.3 is 11.9 Å². The molecule has 0 aliphatic heterocycles. The second-order valence-corrected chi connectivity index (χ2v) is 8.76. The molecule has 0 spiro atoms. The van der Waals surface area contributed by atoms with E-state index in [0.29, 0.717) is 12.5 Å². The molecular weight excluding hydrogens is 244 g/mol. The molecule has 0 saturated heterocycles. The summed E-state index contributed by atoms with van der Waals surface area (Å²) in [6.45, 7) is 3.49. The molecule has 0 unspecified atom stereocenters. The molecule has 0 saturated carbocycles. The van der Waals surface area contributed by atoms with E-state index in [4.69, 9.17) is 10.2 Å². The van der Waals surface area contributed by atoms with E-state index in [0.717, 1.165) is 0 Å². The van der Waals surface area contributed by atoms with Crippen LogP contribution in [0.25, 0.3) is 0 Å². The van der Waals surface area contributed by atoms with Gasteiger partial charge in [-0.3, -0.25) is 14.4 Å². The maximum absolute atomic E-state index is 11.4. The van der Waals surface area contributed by atoms with E-state index in [2.05, 4.69) is 0 Å². The van der Waals surface area contributed by atoms with Gasteiger partial charge in [0.25, 0.3) is 0 Å². The highest BCUT2D eigenvalue weighted by Gasteiger charge is 2.28. The molecule has 17 heavy (non-hydrogen) atoms. The van der Waals surface area contributed by atoms with Crippen molar-refractivity contribution < 1.29 is 29.4 Å². The van der Waals surface area contributed by atoms with Gasteiger partial charge in [0.2, 0.25) is 0 Å². The fourth-order valence-electron chi connectivity index (χ4n) is 1.33. The number of carboxylic acids is 2. The molecule has 0 aliphatic rings. The summed E-state index contributed by atoms with van der Waals surface area (Å²) >= 11 is 0. The Bertz CT molecular complexity index is 292. The van der Waals surface area contributed by atoms with E-state index in [9.17, 15) is 19.2 Å². The van der Waals surface area contributed by atoms with E-state index >= 15 is 0 Å². The molecule has 0 fully saturated rings. The first-order valence-electron chi connectivity index (χ1n) is 5.33. The van der Waals surface area contributed by atoms with Gasteiger partial charge in [-0.2, -0.15) is 0 Å². The Kier molecular flexibility index (Phi) is 6.04. The van der Waals surface area contributed by atoms with Crippen molar-refractivity contribution in [3.8, 4) is 0 Å². The number of rotatable bonds is 8. The van der Waals surface area contributed by atoms with Crippen LogP contribution >= 0.6 is 0 Å². The van der Waals surface area contributed by atoms with Gasteiger partial charge in [-0.15, -0.1) is 0 Å². The number of Topliss-reactive ketones (excluding diaryl/α,β-unsaturated/α-hetero) is 1. The lowest BCUT2D eigenvalue weighted by Crippen LogP contribution is -2.27. The number of hydrogen-bond donors (Lipinski definition) is 3. The molecule has 0 aliphatic carbocycles. The second-order valence-electron chi connectivity index (χ2n) is 4.64. The summed E-state index contributed by atoms with van der Waals surface area (Å²) in [6, 6.07) is 0.545. The minimum atomic E-state index is -2.19. The van der Waals surface area contributed by atoms with Crippen molar-refractivity contribution >= 4 is 26.0 Å². The Balaban J connectivity index is 4.09. The second kappa shape index (κ2) is 6.50. The average molecular weight is 262 g/mol. The number of hydrogen-bond acceptors (Lipinski definition) is 4. The first-order valence-corrected chi connectivity index (χ1v) is 8.48. The van der Waals surface area contributed by atoms with Crippen LogP contribution < -0.4 is 0 Å². The van der Waals surface area contributed by atoms with Crippen LogP contribution in [0.3, 0.4) is 0 Å². The third kappa shape index (κ3) is 7.64. The smallest absolute Gasteiger partial charge is 0.318 e. The first kappa shape index (κ1) is 15.8.